The molecule has 0 spiro atoms. The Kier molecular flexibility index (Phi) is 6.06. The molecule has 1 unspecified atom stereocenters. The summed E-state index contributed by atoms with van der Waals surface area (Å²) in [5, 5.41) is 12.9. The lowest BCUT2D eigenvalue weighted by molar-refractivity contribution is -0.142. The van der Waals surface area contributed by atoms with E-state index in [1.165, 1.54) is 18.3 Å². The summed E-state index contributed by atoms with van der Waals surface area (Å²) in [6, 6.07) is 11.3. The Hall–Kier alpha value is -2.40. The summed E-state index contributed by atoms with van der Waals surface area (Å²) in [5.74, 6) is 0. The van der Waals surface area contributed by atoms with Gasteiger partial charge in [0.15, 0.2) is 5.69 Å². The van der Waals surface area contributed by atoms with Crippen LogP contribution in [0.15, 0.2) is 53.6 Å². The molecular formula is C21H19ClF3N3O3S. The van der Waals surface area contributed by atoms with Crippen LogP contribution < -0.4 is 4.72 Å². The number of hydrogen-bond acceptors (Lipinski definition) is 4. The summed E-state index contributed by atoms with van der Waals surface area (Å²) in [7, 11) is -3.80. The molecule has 11 heteroatoms. The molecule has 32 heavy (non-hydrogen) atoms. The number of aliphatic hydroxyl groups excluding tert-OH is 1. The predicted octanol–water partition coefficient (Wildman–Crippen LogP) is 3.54. The van der Waals surface area contributed by atoms with Crippen molar-refractivity contribution >= 4 is 21.6 Å². The molecule has 2 aromatic carbocycles. The highest BCUT2D eigenvalue weighted by molar-refractivity contribution is 7.89. The van der Waals surface area contributed by atoms with E-state index in [4.69, 9.17) is 11.6 Å². The second kappa shape index (κ2) is 8.51. The number of rotatable bonds is 6. The van der Waals surface area contributed by atoms with Gasteiger partial charge in [0.25, 0.3) is 0 Å². The fourth-order valence-corrected chi connectivity index (χ4v) is 5.64. The van der Waals surface area contributed by atoms with Gasteiger partial charge in [0.05, 0.1) is 18.2 Å². The molecule has 0 fully saturated rings. The molecule has 1 heterocycles. The molecule has 6 nitrogen and oxygen atoms in total. The molecule has 0 bridgehead atoms. The van der Waals surface area contributed by atoms with Gasteiger partial charge >= 0.3 is 6.18 Å². The number of sulfonamides is 1. The zero-order valence-electron chi connectivity index (χ0n) is 16.6. The normalized spacial score (nSPS) is 16.3. The van der Waals surface area contributed by atoms with Gasteiger partial charge in [-0.15, -0.1) is 0 Å². The summed E-state index contributed by atoms with van der Waals surface area (Å²) in [6.07, 6.45) is -2.53. The van der Waals surface area contributed by atoms with Gasteiger partial charge in [0.2, 0.25) is 10.0 Å². The predicted molar refractivity (Wildman–Crippen MR) is 112 cm³/mol. The summed E-state index contributed by atoms with van der Waals surface area (Å²) < 4.78 is 68.3. The van der Waals surface area contributed by atoms with E-state index in [9.17, 15) is 26.7 Å². The van der Waals surface area contributed by atoms with E-state index < -0.39 is 28.5 Å². The zero-order valence-corrected chi connectivity index (χ0v) is 18.2. The van der Waals surface area contributed by atoms with Crippen molar-refractivity contribution in [3.63, 3.8) is 0 Å². The van der Waals surface area contributed by atoms with Gasteiger partial charge in [-0.1, -0.05) is 41.9 Å². The van der Waals surface area contributed by atoms with Crippen LogP contribution in [0.25, 0.3) is 0 Å². The maximum Gasteiger partial charge on any atom is 0.435 e. The second-order valence-corrected chi connectivity index (χ2v) is 9.71. The number of fused-ring (bicyclic) bond motifs is 1. The van der Waals surface area contributed by atoms with E-state index in [2.05, 4.69) is 9.82 Å². The largest absolute Gasteiger partial charge is 0.435 e. The monoisotopic (exact) mass is 485 g/mol. The van der Waals surface area contributed by atoms with Crippen LogP contribution in [0, 0.1) is 0 Å². The molecular weight excluding hydrogens is 467 g/mol. The van der Waals surface area contributed by atoms with E-state index in [0.717, 1.165) is 21.4 Å². The zero-order chi connectivity index (χ0) is 23.1. The average molecular weight is 486 g/mol. The van der Waals surface area contributed by atoms with Crippen molar-refractivity contribution in [1.29, 1.82) is 0 Å². The van der Waals surface area contributed by atoms with Crippen molar-refractivity contribution < 1.29 is 26.7 Å². The number of nitrogens with one attached hydrogen (secondary N) is 1. The molecule has 2 N–H and O–H groups in total. The van der Waals surface area contributed by atoms with E-state index in [1.807, 2.05) is 12.1 Å². The van der Waals surface area contributed by atoms with Crippen LogP contribution in [0.4, 0.5) is 13.2 Å². The summed E-state index contributed by atoms with van der Waals surface area (Å²) >= 11 is 6.02. The van der Waals surface area contributed by atoms with E-state index in [-0.39, 0.29) is 28.1 Å². The smallest absolute Gasteiger partial charge is 0.392 e. The van der Waals surface area contributed by atoms with Gasteiger partial charge in [-0.25, -0.2) is 13.1 Å². The SMILES string of the molecule is O=S(=O)(NC1Cc2ccc(Cn3cc(CO)c(C(F)(F)F)n3)cc2C1)c1ccccc1Cl. The maximum absolute atomic E-state index is 13.0. The molecule has 1 aliphatic carbocycles. The molecule has 170 valence electrons. The van der Waals surface area contributed by atoms with Gasteiger partial charge in [0, 0.05) is 17.8 Å². The Balaban J connectivity index is 1.49. The van der Waals surface area contributed by atoms with Crippen molar-refractivity contribution in [2.75, 3.05) is 0 Å². The lowest BCUT2D eigenvalue weighted by atomic mass is 10.1. The van der Waals surface area contributed by atoms with E-state index in [1.54, 1.807) is 18.2 Å². The fourth-order valence-electron chi connectivity index (χ4n) is 3.88. The number of benzene rings is 2. The van der Waals surface area contributed by atoms with Crippen molar-refractivity contribution in [2.45, 2.75) is 43.1 Å². The second-order valence-electron chi connectivity index (χ2n) is 7.62. The Morgan fingerprint density at radius 2 is 1.88 bits per heavy atom. The first-order chi connectivity index (χ1) is 15.1. The van der Waals surface area contributed by atoms with Crippen LogP contribution in [0.2, 0.25) is 5.02 Å². The third-order valence-corrected chi connectivity index (χ3v) is 7.29. The molecule has 1 aromatic heterocycles. The molecule has 1 atom stereocenters. The van der Waals surface area contributed by atoms with Gasteiger partial charge in [0.1, 0.15) is 4.90 Å². The van der Waals surface area contributed by atoms with Crippen LogP contribution in [0.5, 0.6) is 0 Å². The summed E-state index contributed by atoms with van der Waals surface area (Å²) in [5.41, 5.74) is 1.22. The lowest BCUT2D eigenvalue weighted by Crippen LogP contribution is -2.35. The van der Waals surface area contributed by atoms with Crippen LogP contribution in [0.3, 0.4) is 0 Å². The Bertz CT molecular complexity index is 1260. The Labute approximate surface area is 187 Å². The van der Waals surface area contributed by atoms with Gasteiger partial charge in [-0.05, 0) is 41.7 Å². The summed E-state index contributed by atoms with van der Waals surface area (Å²) in [6.45, 7) is -0.668. The van der Waals surface area contributed by atoms with Crippen LogP contribution in [-0.4, -0.2) is 29.3 Å². The molecule has 0 aliphatic heterocycles. The van der Waals surface area contributed by atoms with Gasteiger partial charge in [-0.3, -0.25) is 4.68 Å². The number of aromatic nitrogens is 2. The standard InChI is InChI=1S/C21H19ClF3N3O3S/c22-18-3-1-2-4-19(18)32(30,31)27-17-8-14-6-5-13(7-15(14)9-17)10-28-11-16(12-29)20(26-28)21(23,24)25/h1-7,11,17,27,29H,8-10,12H2. The number of halogens is 4. The minimum absolute atomic E-state index is 0.0113. The first-order valence-corrected chi connectivity index (χ1v) is 11.5. The third-order valence-electron chi connectivity index (χ3n) is 5.27. The van der Waals surface area contributed by atoms with Crippen molar-refractivity contribution in [3.05, 3.63) is 81.6 Å². The minimum Gasteiger partial charge on any atom is -0.392 e. The first kappa shape index (κ1) is 22.8. The highest BCUT2D eigenvalue weighted by Gasteiger charge is 2.37. The van der Waals surface area contributed by atoms with Gasteiger partial charge < -0.3 is 5.11 Å². The Morgan fingerprint density at radius 1 is 1.16 bits per heavy atom. The number of nitrogens with zero attached hydrogens (tertiary/aromatic N) is 2. The molecule has 0 saturated carbocycles. The highest BCUT2D eigenvalue weighted by atomic mass is 35.5. The average Bonchev–Trinajstić information content (AvgIpc) is 3.30. The number of hydrogen-bond donors (Lipinski definition) is 2. The topological polar surface area (TPSA) is 84.2 Å². The fraction of sp³-hybridized carbons (Fsp3) is 0.286. The molecule has 4 rings (SSSR count). The summed E-state index contributed by atoms with van der Waals surface area (Å²) in [4.78, 5) is 0.0113. The maximum atomic E-state index is 13.0. The Morgan fingerprint density at radius 3 is 2.53 bits per heavy atom. The van der Waals surface area contributed by atoms with Crippen LogP contribution in [0.1, 0.15) is 27.9 Å². The van der Waals surface area contributed by atoms with Crippen molar-refractivity contribution in [2.24, 2.45) is 0 Å². The molecule has 0 amide bonds. The molecule has 1 aliphatic rings. The molecule has 0 saturated heterocycles. The molecule has 3 aromatic rings. The number of alkyl halides is 3. The van der Waals surface area contributed by atoms with Crippen molar-refractivity contribution in [1.82, 2.24) is 14.5 Å². The van der Waals surface area contributed by atoms with Gasteiger partial charge in [-0.2, -0.15) is 18.3 Å². The lowest BCUT2D eigenvalue weighted by Gasteiger charge is -2.13. The quantitative estimate of drug-likeness (QED) is 0.559. The number of aliphatic hydroxyl groups is 1. The van der Waals surface area contributed by atoms with Crippen molar-refractivity contribution in [3.8, 4) is 0 Å². The van der Waals surface area contributed by atoms with E-state index >= 15 is 0 Å². The highest BCUT2D eigenvalue weighted by Crippen LogP contribution is 2.31. The van der Waals surface area contributed by atoms with Crippen LogP contribution in [-0.2, 0) is 42.2 Å². The first-order valence-electron chi connectivity index (χ1n) is 9.69. The third kappa shape index (κ3) is 4.68. The minimum atomic E-state index is -4.65. The van der Waals surface area contributed by atoms with E-state index in [0.29, 0.717) is 12.8 Å². The van der Waals surface area contributed by atoms with Crippen LogP contribution >= 0.6 is 11.6 Å². The molecule has 0 radical (unpaired) electrons.